The molecule has 0 aliphatic heterocycles. The molecule has 2 N–H and O–H groups in total. The molecule has 18 heavy (non-hydrogen) atoms. The van der Waals surface area contributed by atoms with Crippen molar-refractivity contribution in [3.63, 3.8) is 0 Å². The molecule has 0 atom stereocenters. The lowest BCUT2D eigenvalue weighted by molar-refractivity contribution is -0.116. The zero-order valence-corrected chi connectivity index (χ0v) is 10.6. The first kappa shape index (κ1) is 12.7. The second-order valence-electron chi connectivity index (χ2n) is 4.02. The van der Waals surface area contributed by atoms with Gasteiger partial charge in [0, 0.05) is 17.7 Å². The molecule has 0 bridgehead atoms. The number of amides is 1. The van der Waals surface area contributed by atoms with E-state index in [4.69, 9.17) is 11.6 Å². The maximum Gasteiger partial charge on any atom is 0.224 e. The molecule has 0 heterocycles. The third kappa shape index (κ3) is 2.74. The Kier molecular flexibility index (Phi) is 4.05. The molecule has 2 aromatic carbocycles. The van der Waals surface area contributed by atoms with Gasteiger partial charge in [0.2, 0.25) is 5.91 Å². The van der Waals surface area contributed by atoms with E-state index in [1.54, 1.807) is 6.07 Å². The second kappa shape index (κ2) is 5.74. The summed E-state index contributed by atoms with van der Waals surface area (Å²) in [5.74, 6) is 0.422. The van der Waals surface area contributed by atoms with Gasteiger partial charge in [-0.3, -0.25) is 4.79 Å². The fourth-order valence-corrected chi connectivity index (χ4v) is 1.93. The van der Waals surface area contributed by atoms with E-state index in [1.807, 2.05) is 30.3 Å². The third-order valence-electron chi connectivity index (χ3n) is 2.71. The van der Waals surface area contributed by atoms with Crippen LogP contribution in [0, 0.1) is 0 Å². The van der Waals surface area contributed by atoms with E-state index in [-0.39, 0.29) is 11.7 Å². The zero-order valence-electron chi connectivity index (χ0n) is 9.82. The van der Waals surface area contributed by atoms with Crippen molar-refractivity contribution in [2.45, 2.75) is 12.8 Å². The number of alkyl halides is 1. The smallest absolute Gasteiger partial charge is 0.224 e. The molecule has 94 valence electrons. The number of carbonyl (C=O) groups is 1. The van der Waals surface area contributed by atoms with Crippen molar-refractivity contribution in [3.05, 3.63) is 36.4 Å². The Balaban J connectivity index is 2.24. The lowest BCUT2D eigenvalue weighted by atomic mass is 10.1. The number of aromatic hydroxyl groups is 1. The largest absolute Gasteiger partial charge is 0.505 e. The number of fused-ring (bicyclic) bond motifs is 1. The van der Waals surface area contributed by atoms with Crippen LogP contribution in [0.15, 0.2) is 36.4 Å². The van der Waals surface area contributed by atoms with Gasteiger partial charge in [-0.1, -0.05) is 30.3 Å². The number of anilines is 1. The summed E-state index contributed by atoms with van der Waals surface area (Å²) in [7, 11) is 0. The monoisotopic (exact) mass is 263 g/mol. The maximum atomic E-state index is 11.6. The molecule has 0 fully saturated rings. The SMILES string of the molecule is O=C(CCCCl)Nc1ccc2ccccc2c1O. The predicted octanol–water partition coefficient (Wildman–Crippen LogP) is 3.50. The molecule has 0 unspecified atom stereocenters. The fraction of sp³-hybridized carbons (Fsp3) is 0.214. The third-order valence-corrected chi connectivity index (χ3v) is 2.98. The van der Waals surface area contributed by atoms with Crippen LogP contribution in [-0.2, 0) is 4.79 Å². The molecular formula is C14H14ClNO2. The first-order valence-corrected chi connectivity index (χ1v) is 6.32. The average molecular weight is 264 g/mol. The number of halogens is 1. The quantitative estimate of drug-likeness (QED) is 0.655. The minimum atomic E-state index is -0.138. The zero-order chi connectivity index (χ0) is 13.0. The van der Waals surface area contributed by atoms with Crippen LogP contribution >= 0.6 is 11.6 Å². The van der Waals surface area contributed by atoms with Crippen molar-refractivity contribution in [1.29, 1.82) is 0 Å². The highest BCUT2D eigenvalue weighted by Crippen LogP contribution is 2.32. The van der Waals surface area contributed by atoms with Crippen molar-refractivity contribution in [1.82, 2.24) is 0 Å². The van der Waals surface area contributed by atoms with E-state index in [0.29, 0.717) is 24.4 Å². The Bertz CT molecular complexity index is 569. The van der Waals surface area contributed by atoms with Crippen molar-refractivity contribution < 1.29 is 9.90 Å². The van der Waals surface area contributed by atoms with Gasteiger partial charge in [-0.15, -0.1) is 11.6 Å². The molecule has 0 saturated carbocycles. The molecule has 0 spiro atoms. The van der Waals surface area contributed by atoms with Crippen molar-refractivity contribution >= 4 is 34.0 Å². The summed E-state index contributed by atoms with van der Waals surface area (Å²) in [6, 6.07) is 11.1. The van der Waals surface area contributed by atoms with Crippen LogP contribution in [0.25, 0.3) is 10.8 Å². The Hall–Kier alpha value is -1.74. The Morgan fingerprint density at radius 2 is 2.00 bits per heavy atom. The van der Waals surface area contributed by atoms with Gasteiger partial charge >= 0.3 is 0 Å². The van der Waals surface area contributed by atoms with Crippen LogP contribution in [0.3, 0.4) is 0 Å². The predicted molar refractivity (Wildman–Crippen MR) is 74.2 cm³/mol. The van der Waals surface area contributed by atoms with E-state index in [2.05, 4.69) is 5.32 Å². The number of nitrogens with one attached hydrogen (secondary N) is 1. The standard InChI is InChI=1S/C14H14ClNO2/c15-9-3-6-13(17)16-12-8-7-10-4-1-2-5-11(10)14(12)18/h1-2,4-5,7-8,18H,3,6,9H2,(H,16,17). The minimum Gasteiger partial charge on any atom is -0.505 e. The van der Waals surface area contributed by atoms with Crippen molar-refractivity contribution in [2.75, 3.05) is 11.2 Å². The number of carbonyl (C=O) groups excluding carboxylic acids is 1. The van der Waals surface area contributed by atoms with Crippen molar-refractivity contribution in [2.24, 2.45) is 0 Å². The first-order chi connectivity index (χ1) is 8.72. The van der Waals surface area contributed by atoms with Crippen LogP contribution < -0.4 is 5.32 Å². The summed E-state index contributed by atoms with van der Waals surface area (Å²) in [5.41, 5.74) is 0.438. The summed E-state index contributed by atoms with van der Waals surface area (Å²) >= 11 is 5.53. The normalized spacial score (nSPS) is 10.5. The lowest BCUT2D eigenvalue weighted by Gasteiger charge is -2.09. The molecule has 2 aromatic rings. The van der Waals surface area contributed by atoms with Gasteiger partial charge in [-0.05, 0) is 17.9 Å². The van der Waals surface area contributed by atoms with Gasteiger partial charge in [-0.2, -0.15) is 0 Å². The van der Waals surface area contributed by atoms with E-state index in [1.165, 1.54) is 0 Å². The van der Waals surface area contributed by atoms with E-state index >= 15 is 0 Å². The van der Waals surface area contributed by atoms with Gasteiger partial charge in [0.05, 0.1) is 5.69 Å². The number of phenols is 1. The first-order valence-electron chi connectivity index (χ1n) is 5.79. The molecule has 4 heteroatoms. The fourth-order valence-electron chi connectivity index (χ4n) is 1.80. The number of rotatable bonds is 4. The Morgan fingerprint density at radius 3 is 2.78 bits per heavy atom. The maximum absolute atomic E-state index is 11.6. The van der Waals surface area contributed by atoms with Gasteiger partial charge in [0.15, 0.2) is 0 Å². The van der Waals surface area contributed by atoms with Crippen LogP contribution in [-0.4, -0.2) is 16.9 Å². The lowest BCUT2D eigenvalue weighted by Crippen LogP contribution is -2.11. The summed E-state index contributed by atoms with van der Waals surface area (Å²) in [5, 5.41) is 14.4. The highest BCUT2D eigenvalue weighted by molar-refractivity contribution is 6.18. The molecule has 3 nitrogen and oxygen atoms in total. The summed E-state index contributed by atoms with van der Waals surface area (Å²) in [6.07, 6.45) is 0.984. The van der Waals surface area contributed by atoms with Gasteiger partial charge in [0.25, 0.3) is 0 Å². The Labute approximate surface area is 110 Å². The molecular weight excluding hydrogens is 250 g/mol. The molecule has 1 amide bonds. The molecule has 0 radical (unpaired) electrons. The molecule has 2 rings (SSSR count). The number of benzene rings is 2. The van der Waals surface area contributed by atoms with Gasteiger partial charge in [0.1, 0.15) is 5.75 Å². The van der Waals surface area contributed by atoms with E-state index < -0.39 is 0 Å². The molecule has 0 aliphatic rings. The second-order valence-corrected chi connectivity index (χ2v) is 4.40. The van der Waals surface area contributed by atoms with Crippen LogP contribution in [0.5, 0.6) is 5.75 Å². The number of hydrogen-bond donors (Lipinski definition) is 2. The highest BCUT2D eigenvalue weighted by Gasteiger charge is 2.08. The highest BCUT2D eigenvalue weighted by atomic mass is 35.5. The van der Waals surface area contributed by atoms with Crippen molar-refractivity contribution in [3.8, 4) is 5.75 Å². The summed E-state index contributed by atoms with van der Waals surface area (Å²) in [4.78, 5) is 11.6. The average Bonchev–Trinajstić information content (AvgIpc) is 2.40. The minimum absolute atomic E-state index is 0.104. The molecule has 0 aliphatic carbocycles. The summed E-state index contributed by atoms with van der Waals surface area (Å²) < 4.78 is 0. The summed E-state index contributed by atoms with van der Waals surface area (Å²) in [6.45, 7) is 0. The van der Waals surface area contributed by atoms with E-state index in [0.717, 1.165) is 10.8 Å². The van der Waals surface area contributed by atoms with Gasteiger partial charge in [-0.25, -0.2) is 0 Å². The van der Waals surface area contributed by atoms with Crippen LogP contribution in [0.1, 0.15) is 12.8 Å². The van der Waals surface area contributed by atoms with Crippen LogP contribution in [0.2, 0.25) is 0 Å². The topological polar surface area (TPSA) is 49.3 Å². The van der Waals surface area contributed by atoms with Crippen LogP contribution in [0.4, 0.5) is 5.69 Å². The number of phenolic OH excluding ortho intramolecular Hbond substituents is 1. The molecule has 0 saturated heterocycles. The molecule has 0 aromatic heterocycles. The van der Waals surface area contributed by atoms with Gasteiger partial charge < -0.3 is 10.4 Å². The van der Waals surface area contributed by atoms with E-state index in [9.17, 15) is 9.90 Å². The number of hydrogen-bond acceptors (Lipinski definition) is 2. The Morgan fingerprint density at radius 1 is 1.22 bits per heavy atom.